The predicted octanol–water partition coefficient (Wildman–Crippen LogP) is 1.71. The van der Waals surface area contributed by atoms with Gasteiger partial charge in [-0.3, -0.25) is 4.79 Å². The maximum atomic E-state index is 12.0. The van der Waals surface area contributed by atoms with E-state index in [1.807, 2.05) is 36.4 Å². The first-order valence-corrected chi connectivity index (χ1v) is 7.96. The predicted molar refractivity (Wildman–Crippen MR) is 99.4 cm³/mol. The van der Waals surface area contributed by atoms with Gasteiger partial charge in [0.25, 0.3) is 5.91 Å². The molecular formula is C18H15N7O. The minimum absolute atomic E-state index is 0.0733. The Bertz CT molecular complexity index is 1080. The monoisotopic (exact) mass is 345 g/mol. The van der Waals surface area contributed by atoms with E-state index in [1.54, 1.807) is 6.21 Å². The number of nitrogens with zero attached hydrogens (tertiary/aromatic N) is 5. The van der Waals surface area contributed by atoms with E-state index in [-0.39, 0.29) is 18.4 Å². The van der Waals surface area contributed by atoms with Crippen molar-refractivity contribution in [3.8, 4) is 0 Å². The first kappa shape index (κ1) is 15.7. The number of nitrogens with two attached hydrogens (primary N) is 1. The number of carbonyl (C=O) groups excluding carboxylic acids is 1. The zero-order valence-electron chi connectivity index (χ0n) is 13.7. The lowest BCUT2D eigenvalue weighted by Gasteiger charge is -2.08. The molecule has 1 heterocycles. The summed E-state index contributed by atoms with van der Waals surface area (Å²) < 4.78 is 1.19. The van der Waals surface area contributed by atoms with Crippen LogP contribution >= 0.6 is 0 Å². The highest BCUT2D eigenvalue weighted by Gasteiger charge is 2.08. The van der Waals surface area contributed by atoms with E-state index >= 15 is 0 Å². The Morgan fingerprint density at radius 3 is 2.38 bits per heavy atom. The number of anilines is 1. The van der Waals surface area contributed by atoms with Crippen LogP contribution in [0.25, 0.3) is 21.5 Å². The number of hydrogen-bond donors (Lipinski definition) is 2. The SMILES string of the molecule is Nc1nnnn1CC(=O)N/N=C/c1c2ccccc2cc2ccccc12. The van der Waals surface area contributed by atoms with Crippen molar-refractivity contribution in [2.24, 2.45) is 5.10 Å². The second kappa shape index (κ2) is 6.60. The van der Waals surface area contributed by atoms with E-state index in [0.29, 0.717) is 0 Å². The molecule has 0 saturated carbocycles. The number of nitrogen functional groups attached to an aromatic ring is 1. The maximum absolute atomic E-state index is 12.0. The zero-order valence-corrected chi connectivity index (χ0v) is 13.7. The third kappa shape index (κ3) is 2.95. The van der Waals surface area contributed by atoms with Gasteiger partial charge in [0, 0.05) is 5.56 Å². The minimum Gasteiger partial charge on any atom is -0.367 e. The number of benzene rings is 3. The van der Waals surface area contributed by atoms with Gasteiger partial charge in [0.1, 0.15) is 6.54 Å². The molecular weight excluding hydrogens is 330 g/mol. The summed E-state index contributed by atoms with van der Waals surface area (Å²) in [6.07, 6.45) is 1.66. The van der Waals surface area contributed by atoms with Crippen molar-refractivity contribution in [1.82, 2.24) is 25.6 Å². The molecule has 4 rings (SSSR count). The molecule has 3 aromatic carbocycles. The van der Waals surface area contributed by atoms with E-state index in [1.165, 1.54) is 4.68 Å². The highest BCUT2D eigenvalue weighted by Crippen LogP contribution is 2.27. The van der Waals surface area contributed by atoms with Gasteiger partial charge in [-0.05, 0) is 38.0 Å². The molecule has 1 aromatic heterocycles. The summed E-state index contributed by atoms with van der Waals surface area (Å²) >= 11 is 0. The minimum atomic E-state index is -0.371. The molecule has 0 fully saturated rings. The summed E-state index contributed by atoms with van der Waals surface area (Å²) in [5.41, 5.74) is 8.97. The molecule has 0 unspecified atom stereocenters. The Hall–Kier alpha value is -3.81. The van der Waals surface area contributed by atoms with Crippen LogP contribution in [0.5, 0.6) is 0 Å². The topological polar surface area (TPSA) is 111 Å². The van der Waals surface area contributed by atoms with Gasteiger partial charge in [-0.2, -0.15) is 5.10 Å². The number of rotatable bonds is 4. The fourth-order valence-corrected chi connectivity index (χ4v) is 2.85. The molecule has 0 radical (unpaired) electrons. The molecule has 0 spiro atoms. The van der Waals surface area contributed by atoms with Crippen molar-refractivity contribution in [1.29, 1.82) is 0 Å². The second-order valence-corrected chi connectivity index (χ2v) is 5.72. The van der Waals surface area contributed by atoms with Crippen molar-refractivity contribution in [3.63, 3.8) is 0 Å². The summed E-state index contributed by atoms with van der Waals surface area (Å²) in [5.74, 6) is -0.297. The van der Waals surface area contributed by atoms with Crippen molar-refractivity contribution in [2.75, 3.05) is 5.73 Å². The van der Waals surface area contributed by atoms with E-state index in [9.17, 15) is 4.79 Å². The Morgan fingerprint density at radius 1 is 1.12 bits per heavy atom. The highest BCUT2D eigenvalue weighted by atomic mass is 16.2. The average Bonchev–Trinajstić information content (AvgIpc) is 3.05. The highest BCUT2D eigenvalue weighted by molar-refractivity contribution is 6.13. The summed E-state index contributed by atoms with van der Waals surface area (Å²) in [4.78, 5) is 12.0. The lowest BCUT2D eigenvalue weighted by molar-refractivity contribution is -0.121. The molecule has 0 saturated heterocycles. The molecule has 0 aliphatic rings. The number of hydrazone groups is 1. The fourth-order valence-electron chi connectivity index (χ4n) is 2.85. The molecule has 4 aromatic rings. The molecule has 0 aliphatic heterocycles. The van der Waals surface area contributed by atoms with Crippen LogP contribution in [0.2, 0.25) is 0 Å². The Morgan fingerprint density at radius 2 is 1.77 bits per heavy atom. The second-order valence-electron chi connectivity index (χ2n) is 5.72. The summed E-state index contributed by atoms with van der Waals surface area (Å²) in [5, 5.41) is 19.0. The zero-order chi connectivity index (χ0) is 17.9. The fraction of sp³-hybridized carbons (Fsp3) is 0.0556. The quantitative estimate of drug-likeness (QED) is 0.332. The van der Waals surface area contributed by atoms with Crippen LogP contribution in [0.1, 0.15) is 5.56 Å². The largest absolute Gasteiger partial charge is 0.367 e. The number of aromatic nitrogens is 4. The summed E-state index contributed by atoms with van der Waals surface area (Å²) in [6.45, 7) is -0.105. The Kier molecular flexibility index (Phi) is 3.98. The standard InChI is InChI=1S/C18H15N7O/c19-18-22-23-24-25(18)11-17(26)21-20-10-16-14-7-3-1-5-12(14)9-13-6-2-4-8-15(13)16/h1-10H,11H2,(H,21,26)(H2,19,22,24)/b20-10+. The third-order valence-corrected chi connectivity index (χ3v) is 4.05. The van der Waals surface area contributed by atoms with Crippen molar-refractivity contribution in [2.45, 2.75) is 6.54 Å². The number of tetrazole rings is 1. The van der Waals surface area contributed by atoms with Gasteiger partial charge in [-0.15, -0.1) is 0 Å². The lowest BCUT2D eigenvalue weighted by Crippen LogP contribution is -2.24. The van der Waals surface area contributed by atoms with Crippen molar-refractivity contribution in [3.05, 3.63) is 60.2 Å². The van der Waals surface area contributed by atoms with Crippen LogP contribution in [-0.2, 0) is 11.3 Å². The van der Waals surface area contributed by atoms with Gasteiger partial charge in [-0.1, -0.05) is 53.6 Å². The van der Waals surface area contributed by atoms with Gasteiger partial charge in [0.15, 0.2) is 0 Å². The van der Waals surface area contributed by atoms with Gasteiger partial charge < -0.3 is 5.73 Å². The van der Waals surface area contributed by atoms with Crippen LogP contribution in [0.3, 0.4) is 0 Å². The van der Waals surface area contributed by atoms with E-state index in [2.05, 4.69) is 44.3 Å². The summed E-state index contributed by atoms with van der Waals surface area (Å²) in [6, 6.07) is 18.3. The number of nitrogens with one attached hydrogen (secondary N) is 1. The normalized spacial score (nSPS) is 11.4. The van der Waals surface area contributed by atoms with Gasteiger partial charge >= 0.3 is 0 Å². The number of carbonyl (C=O) groups is 1. The molecule has 3 N–H and O–H groups in total. The van der Waals surface area contributed by atoms with Gasteiger partial charge in [0.05, 0.1) is 6.21 Å². The van der Waals surface area contributed by atoms with Gasteiger partial charge in [0.2, 0.25) is 5.95 Å². The van der Waals surface area contributed by atoms with Crippen LogP contribution in [0.4, 0.5) is 5.95 Å². The first-order chi connectivity index (χ1) is 12.7. The Balaban J connectivity index is 1.64. The molecule has 8 heteroatoms. The van der Waals surface area contributed by atoms with Crippen LogP contribution in [0.15, 0.2) is 59.7 Å². The number of fused-ring (bicyclic) bond motifs is 2. The first-order valence-electron chi connectivity index (χ1n) is 7.96. The smallest absolute Gasteiger partial charge is 0.261 e. The van der Waals surface area contributed by atoms with E-state index in [0.717, 1.165) is 27.1 Å². The molecule has 8 nitrogen and oxygen atoms in total. The molecule has 1 amide bonds. The Labute approximate surface area is 148 Å². The number of hydrogen-bond acceptors (Lipinski definition) is 6. The van der Waals surface area contributed by atoms with E-state index in [4.69, 9.17) is 5.73 Å². The number of amides is 1. The van der Waals surface area contributed by atoms with Crippen molar-refractivity contribution >= 4 is 39.6 Å². The van der Waals surface area contributed by atoms with Crippen LogP contribution < -0.4 is 11.2 Å². The molecule has 0 atom stereocenters. The van der Waals surface area contributed by atoms with Gasteiger partial charge in [-0.25, -0.2) is 10.1 Å². The maximum Gasteiger partial charge on any atom is 0.261 e. The third-order valence-electron chi connectivity index (χ3n) is 4.05. The van der Waals surface area contributed by atoms with Crippen molar-refractivity contribution < 1.29 is 4.79 Å². The lowest BCUT2D eigenvalue weighted by atomic mass is 9.97. The van der Waals surface area contributed by atoms with Crippen LogP contribution in [0, 0.1) is 0 Å². The molecule has 128 valence electrons. The van der Waals surface area contributed by atoms with E-state index < -0.39 is 0 Å². The van der Waals surface area contributed by atoms with Crippen LogP contribution in [-0.4, -0.2) is 32.3 Å². The molecule has 0 bridgehead atoms. The summed E-state index contributed by atoms with van der Waals surface area (Å²) in [7, 11) is 0. The molecule has 0 aliphatic carbocycles. The molecule has 26 heavy (non-hydrogen) atoms. The average molecular weight is 345 g/mol.